The summed E-state index contributed by atoms with van der Waals surface area (Å²) in [6.07, 6.45) is 16.4. The molecule has 0 heterocycles. The van der Waals surface area contributed by atoms with Crippen molar-refractivity contribution in [1.29, 1.82) is 0 Å². The molecule has 312 valence electrons. The Hall–Kier alpha value is -3.26. The number of hydrogen-bond acceptors (Lipinski definition) is 0. The number of hydrogen-bond donors (Lipinski definition) is 0. The zero-order chi connectivity index (χ0) is 38.5. The van der Waals surface area contributed by atoms with E-state index in [2.05, 4.69) is 166 Å². The van der Waals surface area contributed by atoms with Gasteiger partial charge in [0.15, 0.2) is 0 Å². The summed E-state index contributed by atoms with van der Waals surface area (Å²) in [7, 11) is 0. The molecule has 2 aliphatic carbocycles. The molecule has 0 spiro atoms. The summed E-state index contributed by atoms with van der Waals surface area (Å²) < 4.78 is 0. The van der Waals surface area contributed by atoms with Crippen LogP contribution in [0.3, 0.4) is 0 Å². The summed E-state index contributed by atoms with van der Waals surface area (Å²) in [5.74, 6) is 0. The summed E-state index contributed by atoms with van der Waals surface area (Å²) in [4.78, 5) is 0. The Morgan fingerprint density at radius 1 is 0.450 bits per heavy atom. The van der Waals surface area contributed by atoms with Gasteiger partial charge in [0.05, 0.1) is 0 Å². The second-order valence-corrected chi connectivity index (χ2v) is 16.9. The van der Waals surface area contributed by atoms with Gasteiger partial charge in [0, 0.05) is 0 Å². The minimum absolute atomic E-state index is 0. The van der Waals surface area contributed by atoms with Crippen molar-refractivity contribution in [3.8, 4) is 22.3 Å². The van der Waals surface area contributed by atoms with Crippen molar-refractivity contribution in [2.75, 3.05) is 0 Å². The third-order valence-corrected chi connectivity index (χ3v) is 13.8. The van der Waals surface area contributed by atoms with E-state index in [4.69, 9.17) is 0 Å². The van der Waals surface area contributed by atoms with Crippen LogP contribution >= 0.6 is 24.8 Å². The molecular formula is C56H62Cl2SiZr-4. The molecule has 10 rings (SSSR count). The first-order chi connectivity index (χ1) is 27.6. The van der Waals surface area contributed by atoms with Crippen molar-refractivity contribution in [2.45, 2.75) is 90.9 Å². The third-order valence-electron chi connectivity index (χ3n) is 13.8. The van der Waals surface area contributed by atoms with Crippen LogP contribution in [-0.4, -0.2) is 6.88 Å². The van der Waals surface area contributed by atoms with Gasteiger partial charge in [-0.15, -0.1) is 93.9 Å². The first kappa shape index (κ1) is 49.4. The Kier molecular flexibility index (Phi) is 18.3. The predicted octanol–water partition coefficient (Wildman–Crippen LogP) is 17.1. The zero-order valence-corrected chi connectivity index (χ0v) is 41.2. The fourth-order valence-corrected chi connectivity index (χ4v) is 10.6. The molecule has 0 bridgehead atoms. The first-order valence-corrected chi connectivity index (χ1v) is 25.3. The second-order valence-electron chi connectivity index (χ2n) is 16.9. The van der Waals surface area contributed by atoms with E-state index in [-0.39, 0.29) is 39.7 Å². The van der Waals surface area contributed by atoms with Crippen molar-refractivity contribution < 1.29 is 23.3 Å². The van der Waals surface area contributed by atoms with Gasteiger partial charge in [0.1, 0.15) is 0 Å². The van der Waals surface area contributed by atoms with Crippen molar-refractivity contribution in [3.05, 3.63) is 172 Å². The van der Waals surface area contributed by atoms with E-state index in [1.165, 1.54) is 177 Å². The van der Waals surface area contributed by atoms with Crippen LogP contribution in [0, 0.1) is 25.7 Å². The van der Waals surface area contributed by atoms with Crippen LogP contribution in [0.1, 0.15) is 89.2 Å². The van der Waals surface area contributed by atoms with E-state index in [0.29, 0.717) is 10.8 Å². The molecule has 2 saturated carbocycles. The quantitative estimate of drug-likeness (QED) is 0.105. The average Bonchev–Trinajstić information content (AvgIpc) is 4.09. The first-order valence-electron chi connectivity index (χ1n) is 21.1. The molecule has 0 atom stereocenters. The van der Waals surface area contributed by atoms with Crippen LogP contribution in [0.15, 0.2) is 146 Å². The van der Waals surface area contributed by atoms with Crippen LogP contribution in [-0.2, 0) is 36.2 Å². The average molecular weight is 925 g/mol. The molecule has 0 aromatic heterocycles. The SMILES string of the molecule is CCC1(Cc2cc3c(-c4cccc5ccccc45)cccc3[cH-]2)CCCC1.CCC1(Cc2cc3c(-c4cccc5ccccc45)cccc3[cH-]2)CCCC1.Cl.Cl.[CH3-].[CH3-].[Si]=[Zr]. The van der Waals surface area contributed by atoms with Crippen molar-refractivity contribution in [3.63, 3.8) is 0 Å². The predicted molar refractivity (Wildman–Crippen MR) is 268 cm³/mol. The monoisotopic (exact) mass is 922 g/mol. The Morgan fingerprint density at radius 2 is 0.767 bits per heavy atom. The molecule has 0 N–H and O–H groups in total. The molecule has 0 aliphatic heterocycles. The molecule has 4 heteroatoms. The summed E-state index contributed by atoms with van der Waals surface area (Å²) in [5.41, 5.74) is 9.58. The Balaban J connectivity index is 0.000000239. The van der Waals surface area contributed by atoms with E-state index in [1.807, 2.05) is 0 Å². The van der Waals surface area contributed by atoms with Crippen molar-refractivity contribution >= 4 is 74.8 Å². The number of halogens is 2. The molecule has 60 heavy (non-hydrogen) atoms. The Bertz CT molecular complexity index is 2390. The van der Waals surface area contributed by atoms with Crippen LogP contribution < -0.4 is 0 Å². The Morgan fingerprint density at radius 3 is 1.13 bits per heavy atom. The van der Waals surface area contributed by atoms with E-state index >= 15 is 0 Å². The van der Waals surface area contributed by atoms with E-state index < -0.39 is 0 Å². The summed E-state index contributed by atoms with van der Waals surface area (Å²) in [6, 6.07) is 54.2. The van der Waals surface area contributed by atoms with Gasteiger partial charge < -0.3 is 14.9 Å². The molecule has 2 fully saturated rings. The maximum atomic E-state index is 3.06. The number of benzene rings is 6. The summed E-state index contributed by atoms with van der Waals surface area (Å²) >= 11 is 1.36. The fraction of sp³-hybridized carbons (Fsp3) is 0.286. The van der Waals surface area contributed by atoms with Crippen LogP contribution in [0.25, 0.3) is 65.3 Å². The summed E-state index contributed by atoms with van der Waals surface area (Å²) in [6.45, 7) is 7.83. The second kappa shape index (κ2) is 22.2. The van der Waals surface area contributed by atoms with Crippen molar-refractivity contribution in [2.24, 2.45) is 10.8 Å². The fourth-order valence-electron chi connectivity index (χ4n) is 10.6. The van der Waals surface area contributed by atoms with Gasteiger partial charge in [0.25, 0.3) is 0 Å². The molecule has 0 saturated heterocycles. The van der Waals surface area contributed by atoms with Gasteiger partial charge in [-0.05, 0) is 82.0 Å². The van der Waals surface area contributed by atoms with E-state index in [9.17, 15) is 0 Å². The van der Waals surface area contributed by atoms with Gasteiger partial charge >= 0.3 is 30.2 Å². The molecule has 0 unspecified atom stereocenters. The van der Waals surface area contributed by atoms with Gasteiger partial charge in [0.2, 0.25) is 0 Å². The topological polar surface area (TPSA) is 0 Å². The van der Waals surface area contributed by atoms with Gasteiger partial charge in [-0.2, -0.15) is 12.1 Å². The zero-order valence-electron chi connectivity index (χ0n) is 36.2. The van der Waals surface area contributed by atoms with Crippen LogP contribution in [0.5, 0.6) is 0 Å². The van der Waals surface area contributed by atoms with Crippen LogP contribution in [0.2, 0.25) is 0 Å². The van der Waals surface area contributed by atoms with E-state index in [0.717, 1.165) is 0 Å². The van der Waals surface area contributed by atoms with E-state index in [1.54, 1.807) is 0 Å². The third kappa shape index (κ3) is 10.2. The molecular weight excluding hydrogens is 863 g/mol. The molecule has 8 aromatic rings. The molecule has 8 aromatic carbocycles. The van der Waals surface area contributed by atoms with Gasteiger partial charge in [-0.1, -0.05) is 161 Å². The number of fused-ring (bicyclic) bond motifs is 4. The standard InChI is InChI=1S/2C27H27.2CH3.2ClH.Si.Zr/c2*1-2-27(15-5-6-16-27)19-20-17-22-11-8-14-25(26(22)18-20)24-13-7-10-21-9-3-4-12-23(21)24;;;;;;/h2*3-4,7-14,17-18H,2,5-6,15-16,19H2,1H3;2*1H3;2*1H;;/q4*-1;;;;. The molecule has 2 aliphatic rings. The Labute approximate surface area is 390 Å². The van der Waals surface area contributed by atoms with Crippen LogP contribution in [0.4, 0.5) is 0 Å². The normalized spacial score (nSPS) is 14.8. The van der Waals surface area contributed by atoms with Gasteiger partial charge in [-0.25, -0.2) is 0 Å². The number of rotatable bonds is 8. The molecule has 2 radical (unpaired) electrons. The molecule has 0 nitrogen and oxygen atoms in total. The molecule has 0 amide bonds. The summed E-state index contributed by atoms with van der Waals surface area (Å²) in [5, 5.41) is 10.9. The minimum atomic E-state index is 0. The van der Waals surface area contributed by atoms with Crippen molar-refractivity contribution in [1.82, 2.24) is 0 Å². The van der Waals surface area contributed by atoms with Gasteiger partial charge in [-0.3, -0.25) is 0 Å². The maximum absolute atomic E-state index is 3.06.